The SMILES string of the molecule is CCc1ccccc1N(CCC(=O)NCCCOC)S(C)(=O)=O. The highest BCUT2D eigenvalue weighted by molar-refractivity contribution is 7.92. The first kappa shape index (κ1) is 19.4. The van der Waals surface area contributed by atoms with Crippen molar-refractivity contribution in [3.8, 4) is 0 Å². The maximum atomic E-state index is 12.1. The maximum absolute atomic E-state index is 12.1. The van der Waals surface area contributed by atoms with Crippen LogP contribution < -0.4 is 9.62 Å². The molecule has 0 unspecified atom stereocenters. The molecule has 0 radical (unpaired) electrons. The summed E-state index contributed by atoms with van der Waals surface area (Å²) in [7, 11) is -1.83. The number of carbonyl (C=O) groups excluding carboxylic acids is 1. The highest BCUT2D eigenvalue weighted by Crippen LogP contribution is 2.23. The summed E-state index contributed by atoms with van der Waals surface area (Å²) >= 11 is 0. The van der Waals surface area contributed by atoms with Gasteiger partial charge in [-0.1, -0.05) is 25.1 Å². The Kier molecular flexibility index (Phi) is 8.05. The number of para-hydroxylation sites is 1. The number of rotatable bonds is 10. The Morgan fingerprint density at radius 1 is 1.30 bits per heavy atom. The minimum Gasteiger partial charge on any atom is -0.385 e. The van der Waals surface area contributed by atoms with E-state index < -0.39 is 10.0 Å². The van der Waals surface area contributed by atoms with Gasteiger partial charge in [-0.2, -0.15) is 0 Å². The summed E-state index contributed by atoms with van der Waals surface area (Å²) in [5.74, 6) is -0.163. The van der Waals surface area contributed by atoms with Crippen LogP contribution in [0.25, 0.3) is 0 Å². The van der Waals surface area contributed by atoms with Crippen molar-refractivity contribution >= 4 is 21.6 Å². The Morgan fingerprint density at radius 3 is 2.61 bits per heavy atom. The summed E-state index contributed by atoms with van der Waals surface area (Å²) in [5, 5.41) is 2.76. The van der Waals surface area contributed by atoms with E-state index in [0.717, 1.165) is 24.7 Å². The molecule has 0 aliphatic carbocycles. The molecule has 0 heterocycles. The van der Waals surface area contributed by atoms with Gasteiger partial charge in [0.1, 0.15) is 0 Å². The number of hydrogen-bond donors (Lipinski definition) is 1. The highest BCUT2D eigenvalue weighted by atomic mass is 32.2. The van der Waals surface area contributed by atoms with Gasteiger partial charge in [-0.05, 0) is 24.5 Å². The molecule has 7 heteroatoms. The van der Waals surface area contributed by atoms with Crippen LogP contribution in [0.15, 0.2) is 24.3 Å². The number of ether oxygens (including phenoxy) is 1. The van der Waals surface area contributed by atoms with Crippen LogP contribution in [0.2, 0.25) is 0 Å². The molecular weight excluding hydrogens is 316 g/mol. The third kappa shape index (κ3) is 6.58. The zero-order chi connectivity index (χ0) is 17.3. The number of nitrogens with zero attached hydrogens (tertiary/aromatic N) is 1. The fourth-order valence-electron chi connectivity index (χ4n) is 2.25. The molecule has 1 aromatic rings. The minimum absolute atomic E-state index is 0.123. The number of amides is 1. The molecular formula is C16H26N2O4S. The van der Waals surface area contributed by atoms with E-state index in [0.29, 0.717) is 18.8 Å². The number of methoxy groups -OCH3 is 1. The summed E-state index contributed by atoms with van der Waals surface area (Å²) in [6.07, 6.45) is 2.75. The molecule has 0 aliphatic heterocycles. The van der Waals surface area contributed by atoms with Gasteiger partial charge in [-0.15, -0.1) is 0 Å². The van der Waals surface area contributed by atoms with Crippen LogP contribution in [0.5, 0.6) is 0 Å². The van der Waals surface area contributed by atoms with E-state index in [4.69, 9.17) is 4.74 Å². The molecule has 1 N–H and O–H groups in total. The lowest BCUT2D eigenvalue weighted by molar-refractivity contribution is -0.120. The Morgan fingerprint density at radius 2 is 2.00 bits per heavy atom. The third-order valence-electron chi connectivity index (χ3n) is 3.43. The van der Waals surface area contributed by atoms with Crippen LogP contribution in [-0.2, 0) is 26.0 Å². The van der Waals surface area contributed by atoms with Crippen LogP contribution >= 0.6 is 0 Å². The second-order valence-corrected chi connectivity index (χ2v) is 7.17. The first-order valence-electron chi connectivity index (χ1n) is 7.71. The number of anilines is 1. The topological polar surface area (TPSA) is 75.7 Å². The maximum Gasteiger partial charge on any atom is 0.232 e. The van der Waals surface area contributed by atoms with Crippen molar-refractivity contribution in [1.82, 2.24) is 5.32 Å². The molecule has 0 aliphatic rings. The number of aryl methyl sites for hydroxylation is 1. The van der Waals surface area contributed by atoms with Crippen molar-refractivity contribution in [2.45, 2.75) is 26.2 Å². The molecule has 0 bridgehead atoms. The van der Waals surface area contributed by atoms with Crippen LogP contribution in [0, 0.1) is 0 Å². The van der Waals surface area contributed by atoms with Crippen LogP contribution in [0.4, 0.5) is 5.69 Å². The van der Waals surface area contributed by atoms with E-state index in [1.165, 1.54) is 4.31 Å². The van der Waals surface area contributed by atoms with Crippen molar-refractivity contribution in [3.05, 3.63) is 29.8 Å². The molecule has 0 spiro atoms. The number of sulfonamides is 1. The van der Waals surface area contributed by atoms with Gasteiger partial charge in [-0.3, -0.25) is 9.10 Å². The molecule has 130 valence electrons. The van der Waals surface area contributed by atoms with Gasteiger partial charge >= 0.3 is 0 Å². The Balaban J connectivity index is 2.72. The van der Waals surface area contributed by atoms with Crippen molar-refractivity contribution in [2.75, 3.05) is 37.4 Å². The average molecular weight is 342 g/mol. The largest absolute Gasteiger partial charge is 0.385 e. The van der Waals surface area contributed by atoms with Crippen LogP contribution in [0.3, 0.4) is 0 Å². The fraction of sp³-hybridized carbons (Fsp3) is 0.562. The van der Waals surface area contributed by atoms with E-state index in [9.17, 15) is 13.2 Å². The molecule has 23 heavy (non-hydrogen) atoms. The number of nitrogens with one attached hydrogen (secondary N) is 1. The summed E-state index contributed by atoms with van der Waals surface area (Å²) < 4.78 is 30.4. The van der Waals surface area contributed by atoms with Crippen LogP contribution in [0.1, 0.15) is 25.3 Å². The summed E-state index contributed by atoms with van der Waals surface area (Å²) in [4.78, 5) is 11.8. The summed E-state index contributed by atoms with van der Waals surface area (Å²) in [5.41, 5.74) is 1.59. The van der Waals surface area contributed by atoms with E-state index in [-0.39, 0.29) is 18.9 Å². The van der Waals surface area contributed by atoms with Crippen molar-refractivity contribution in [2.24, 2.45) is 0 Å². The van der Waals surface area contributed by atoms with E-state index in [1.807, 2.05) is 19.1 Å². The second kappa shape index (κ2) is 9.52. The summed E-state index contributed by atoms with van der Waals surface area (Å²) in [6, 6.07) is 7.36. The molecule has 0 saturated carbocycles. The van der Waals surface area contributed by atoms with Gasteiger partial charge in [-0.25, -0.2) is 8.42 Å². The Bertz CT molecular complexity index is 602. The van der Waals surface area contributed by atoms with Crippen molar-refractivity contribution in [3.63, 3.8) is 0 Å². The zero-order valence-electron chi connectivity index (χ0n) is 14.0. The average Bonchev–Trinajstić information content (AvgIpc) is 2.51. The van der Waals surface area contributed by atoms with Gasteiger partial charge < -0.3 is 10.1 Å². The van der Waals surface area contributed by atoms with Gasteiger partial charge in [0.15, 0.2) is 0 Å². The molecule has 0 atom stereocenters. The van der Waals surface area contributed by atoms with Crippen molar-refractivity contribution in [1.29, 1.82) is 0 Å². The molecule has 1 amide bonds. The number of carbonyl (C=O) groups is 1. The molecule has 6 nitrogen and oxygen atoms in total. The van der Waals surface area contributed by atoms with Gasteiger partial charge in [0.05, 0.1) is 11.9 Å². The smallest absolute Gasteiger partial charge is 0.232 e. The Labute approximate surface area is 138 Å². The lowest BCUT2D eigenvalue weighted by Crippen LogP contribution is -2.35. The molecule has 1 rings (SSSR count). The van der Waals surface area contributed by atoms with E-state index >= 15 is 0 Å². The Hall–Kier alpha value is -1.60. The molecule has 0 saturated heterocycles. The zero-order valence-corrected chi connectivity index (χ0v) is 14.9. The summed E-state index contributed by atoms with van der Waals surface area (Å²) in [6.45, 7) is 3.21. The van der Waals surface area contributed by atoms with Gasteiger partial charge in [0.2, 0.25) is 15.9 Å². The minimum atomic E-state index is -3.44. The second-order valence-electron chi connectivity index (χ2n) is 5.26. The fourth-order valence-corrected chi connectivity index (χ4v) is 3.21. The predicted molar refractivity (Wildman–Crippen MR) is 92.1 cm³/mol. The van der Waals surface area contributed by atoms with E-state index in [1.54, 1.807) is 19.2 Å². The van der Waals surface area contributed by atoms with Gasteiger partial charge in [0, 0.05) is 33.2 Å². The van der Waals surface area contributed by atoms with E-state index in [2.05, 4.69) is 5.32 Å². The monoisotopic (exact) mass is 342 g/mol. The third-order valence-corrected chi connectivity index (χ3v) is 4.61. The first-order chi connectivity index (χ1) is 10.9. The number of benzene rings is 1. The van der Waals surface area contributed by atoms with Gasteiger partial charge in [0.25, 0.3) is 0 Å². The standard InChI is InChI=1S/C16H26N2O4S/c1-4-14-8-5-6-9-15(14)18(23(3,20)21)12-10-16(19)17-11-7-13-22-2/h5-6,8-9H,4,7,10-13H2,1-3H3,(H,17,19). The molecule has 0 aromatic heterocycles. The van der Waals surface area contributed by atoms with Crippen molar-refractivity contribution < 1.29 is 17.9 Å². The quantitative estimate of drug-likeness (QED) is 0.655. The predicted octanol–water partition coefficient (Wildman–Crippen LogP) is 1.56. The highest BCUT2D eigenvalue weighted by Gasteiger charge is 2.20. The molecule has 1 aromatic carbocycles. The lowest BCUT2D eigenvalue weighted by atomic mass is 10.1. The molecule has 0 fully saturated rings. The lowest BCUT2D eigenvalue weighted by Gasteiger charge is -2.24. The van der Waals surface area contributed by atoms with Crippen LogP contribution in [-0.4, -0.2) is 47.4 Å². The number of hydrogen-bond acceptors (Lipinski definition) is 4. The normalized spacial score (nSPS) is 11.3. The first-order valence-corrected chi connectivity index (χ1v) is 9.56.